The summed E-state index contributed by atoms with van der Waals surface area (Å²) in [7, 11) is 0. The fourth-order valence-electron chi connectivity index (χ4n) is 2.56. The molecule has 0 aliphatic heterocycles. The molecule has 0 saturated carbocycles. The van der Waals surface area contributed by atoms with Gasteiger partial charge in [0.15, 0.2) is 0 Å². The molecule has 4 aromatic rings. The first kappa shape index (κ1) is 16.5. The summed E-state index contributed by atoms with van der Waals surface area (Å²) < 4.78 is 11.7. The Morgan fingerprint density at radius 2 is 1.44 bits per heavy atom. The van der Waals surface area contributed by atoms with Gasteiger partial charge in [-0.3, -0.25) is 4.98 Å². The molecule has 0 radical (unpaired) electrons. The number of hydrogen-bond acceptors (Lipinski definition) is 6. The Bertz CT molecular complexity index is 1020. The molecule has 2 aromatic heterocycles. The highest BCUT2D eigenvalue weighted by Gasteiger charge is 2.14. The molecule has 132 valence electrons. The highest BCUT2D eigenvalue weighted by molar-refractivity contribution is 5.78. The lowest BCUT2D eigenvalue weighted by Crippen LogP contribution is -1.99. The number of para-hydroxylation sites is 1. The molecule has 0 amide bonds. The Morgan fingerprint density at radius 1 is 0.704 bits per heavy atom. The predicted molar refractivity (Wildman–Crippen MR) is 103 cm³/mol. The van der Waals surface area contributed by atoms with Crippen LogP contribution in [0.5, 0.6) is 23.1 Å². The van der Waals surface area contributed by atoms with Gasteiger partial charge in [-0.15, -0.1) is 0 Å². The highest BCUT2D eigenvalue weighted by Crippen LogP contribution is 2.35. The van der Waals surface area contributed by atoms with Crippen molar-refractivity contribution in [1.82, 2.24) is 15.0 Å². The Morgan fingerprint density at radius 3 is 2.19 bits per heavy atom. The van der Waals surface area contributed by atoms with E-state index in [4.69, 9.17) is 15.2 Å². The maximum absolute atomic E-state index is 6.09. The van der Waals surface area contributed by atoms with Crippen LogP contribution in [0.4, 0.5) is 5.82 Å². The summed E-state index contributed by atoms with van der Waals surface area (Å²) in [6.07, 6.45) is 4.66. The van der Waals surface area contributed by atoms with Gasteiger partial charge >= 0.3 is 0 Å². The van der Waals surface area contributed by atoms with Crippen molar-refractivity contribution in [2.24, 2.45) is 0 Å². The van der Waals surface area contributed by atoms with Crippen LogP contribution in [0.25, 0.3) is 11.1 Å². The van der Waals surface area contributed by atoms with Gasteiger partial charge in [0, 0.05) is 6.20 Å². The summed E-state index contributed by atoms with van der Waals surface area (Å²) in [5.41, 5.74) is 7.54. The Hall–Kier alpha value is -3.93. The molecular formula is C21H16N4O2. The van der Waals surface area contributed by atoms with Crippen molar-refractivity contribution in [1.29, 1.82) is 0 Å². The number of nitrogens with zero attached hydrogens (tertiary/aromatic N) is 3. The first-order chi connectivity index (χ1) is 13.3. The lowest BCUT2D eigenvalue weighted by atomic mass is 10.1. The smallest absolute Gasteiger partial charge is 0.232 e. The molecular weight excluding hydrogens is 340 g/mol. The molecule has 2 aromatic carbocycles. The van der Waals surface area contributed by atoms with Gasteiger partial charge in [-0.2, -0.15) is 0 Å². The van der Waals surface area contributed by atoms with Crippen molar-refractivity contribution in [3.63, 3.8) is 0 Å². The zero-order valence-electron chi connectivity index (χ0n) is 14.3. The first-order valence-electron chi connectivity index (χ1n) is 8.31. The van der Waals surface area contributed by atoms with Crippen LogP contribution in [0.2, 0.25) is 0 Å². The third-order valence-electron chi connectivity index (χ3n) is 3.81. The summed E-state index contributed by atoms with van der Waals surface area (Å²) in [5.74, 6) is 2.76. The maximum Gasteiger partial charge on any atom is 0.232 e. The number of rotatable bonds is 5. The van der Waals surface area contributed by atoms with E-state index in [0.717, 1.165) is 17.1 Å². The SMILES string of the molecule is Nc1ncnc(Oc2cccnc2)c1-c1ccc(Oc2ccccc2)cc1. The fraction of sp³-hybridized carbons (Fsp3) is 0. The minimum absolute atomic E-state index is 0.334. The molecule has 0 saturated heterocycles. The van der Waals surface area contributed by atoms with Gasteiger partial charge in [-0.1, -0.05) is 30.3 Å². The molecule has 6 heteroatoms. The van der Waals surface area contributed by atoms with Crippen molar-refractivity contribution in [3.05, 3.63) is 85.5 Å². The molecule has 0 aliphatic carbocycles. The fourth-order valence-corrected chi connectivity index (χ4v) is 2.56. The average Bonchev–Trinajstić information content (AvgIpc) is 2.71. The lowest BCUT2D eigenvalue weighted by Gasteiger charge is -2.12. The molecule has 0 bridgehead atoms. The monoisotopic (exact) mass is 356 g/mol. The van der Waals surface area contributed by atoms with Gasteiger partial charge in [0.25, 0.3) is 0 Å². The van der Waals surface area contributed by atoms with Crippen LogP contribution in [0.15, 0.2) is 85.5 Å². The average molecular weight is 356 g/mol. The van der Waals surface area contributed by atoms with Gasteiger partial charge in [0.2, 0.25) is 5.88 Å². The van der Waals surface area contributed by atoms with E-state index in [1.807, 2.05) is 54.6 Å². The molecule has 2 N–H and O–H groups in total. The van der Waals surface area contributed by atoms with Gasteiger partial charge in [-0.05, 0) is 42.0 Å². The number of ether oxygens (including phenoxy) is 2. The Kier molecular flexibility index (Phi) is 4.61. The molecule has 0 spiro atoms. The standard InChI is InChI=1S/C21H16N4O2/c22-20-19(21(25-14-24-20)27-18-7-4-12-23-13-18)15-8-10-17(11-9-15)26-16-5-2-1-3-6-16/h1-14H,(H2,22,24,25). The van der Waals surface area contributed by atoms with Crippen LogP contribution in [-0.4, -0.2) is 15.0 Å². The second-order valence-electron chi connectivity index (χ2n) is 5.67. The number of anilines is 1. The zero-order valence-corrected chi connectivity index (χ0v) is 14.3. The van der Waals surface area contributed by atoms with Crippen LogP contribution in [0.1, 0.15) is 0 Å². The molecule has 6 nitrogen and oxygen atoms in total. The van der Waals surface area contributed by atoms with E-state index in [2.05, 4.69) is 15.0 Å². The normalized spacial score (nSPS) is 10.4. The third-order valence-corrected chi connectivity index (χ3v) is 3.81. The quantitative estimate of drug-likeness (QED) is 0.558. The van der Waals surface area contributed by atoms with Crippen molar-refractivity contribution in [3.8, 4) is 34.3 Å². The van der Waals surface area contributed by atoms with Crippen molar-refractivity contribution < 1.29 is 9.47 Å². The van der Waals surface area contributed by atoms with Crippen LogP contribution in [0.3, 0.4) is 0 Å². The maximum atomic E-state index is 6.09. The molecule has 2 heterocycles. The van der Waals surface area contributed by atoms with Gasteiger partial charge in [-0.25, -0.2) is 9.97 Å². The number of benzene rings is 2. The number of aromatic nitrogens is 3. The number of hydrogen-bond donors (Lipinski definition) is 1. The molecule has 0 fully saturated rings. The van der Waals surface area contributed by atoms with Crippen LogP contribution >= 0.6 is 0 Å². The van der Waals surface area contributed by atoms with Crippen molar-refractivity contribution in [2.75, 3.05) is 5.73 Å². The molecule has 4 rings (SSSR count). The second-order valence-corrected chi connectivity index (χ2v) is 5.67. The van der Waals surface area contributed by atoms with Crippen LogP contribution in [0, 0.1) is 0 Å². The number of nitrogen functional groups attached to an aromatic ring is 1. The summed E-state index contributed by atoms with van der Waals surface area (Å²) in [4.78, 5) is 12.4. The minimum atomic E-state index is 0.334. The Labute approximate surface area is 156 Å². The summed E-state index contributed by atoms with van der Waals surface area (Å²) in [6, 6.07) is 20.7. The van der Waals surface area contributed by atoms with Crippen LogP contribution in [-0.2, 0) is 0 Å². The zero-order chi connectivity index (χ0) is 18.5. The van der Waals surface area contributed by atoms with E-state index in [1.54, 1.807) is 24.5 Å². The lowest BCUT2D eigenvalue weighted by molar-refractivity contribution is 0.461. The number of nitrogens with two attached hydrogens (primary N) is 1. The van der Waals surface area contributed by atoms with E-state index < -0.39 is 0 Å². The summed E-state index contributed by atoms with van der Waals surface area (Å²) in [6.45, 7) is 0. The summed E-state index contributed by atoms with van der Waals surface area (Å²) >= 11 is 0. The molecule has 0 unspecified atom stereocenters. The van der Waals surface area contributed by atoms with E-state index in [1.165, 1.54) is 6.33 Å². The number of pyridine rings is 1. The van der Waals surface area contributed by atoms with Crippen LogP contribution < -0.4 is 15.2 Å². The molecule has 27 heavy (non-hydrogen) atoms. The molecule has 0 atom stereocenters. The van der Waals surface area contributed by atoms with E-state index in [0.29, 0.717) is 23.0 Å². The Balaban J connectivity index is 1.63. The van der Waals surface area contributed by atoms with Gasteiger partial charge in [0.05, 0.1) is 11.8 Å². The summed E-state index contributed by atoms with van der Waals surface area (Å²) in [5, 5.41) is 0. The first-order valence-corrected chi connectivity index (χ1v) is 8.31. The third kappa shape index (κ3) is 3.85. The largest absolute Gasteiger partial charge is 0.457 e. The van der Waals surface area contributed by atoms with Crippen molar-refractivity contribution >= 4 is 5.82 Å². The highest BCUT2D eigenvalue weighted by atomic mass is 16.5. The van der Waals surface area contributed by atoms with E-state index >= 15 is 0 Å². The molecule has 0 aliphatic rings. The predicted octanol–water partition coefficient (Wildman–Crippen LogP) is 4.71. The topological polar surface area (TPSA) is 83.2 Å². The van der Waals surface area contributed by atoms with Gasteiger partial charge < -0.3 is 15.2 Å². The minimum Gasteiger partial charge on any atom is -0.457 e. The van der Waals surface area contributed by atoms with E-state index in [-0.39, 0.29) is 0 Å². The van der Waals surface area contributed by atoms with Crippen molar-refractivity contribution in [2.45, 2.75) is 0 Å². The van der Waals surface area contributed by atoms with E-state index in [9.17, 15) is 0 Å². The second kappa shape index (κ2) is 7.53. The van der Waals surface area contributed by atoms with Gasteiger partial charge in [0.1, 0.15) is 29.4 Å².